The first-order chi connectivity index (χ1) is 10.2. The average Bonchev–Trinajstić information content (AvgIpc) is 2.46. The van der Waals surface area contributed by atoms with E-state index in [-0.39, 0.29) is 0 Å². The van der Waals surface area contributed by atoms with Gasteiger partial charge in [0.2, 0.25) is 0 Å². The third kappa shape index (κ3) is 3.51. The van der Waals surface area contributed by atoms with E-state index in [0.717, 1.165) is 16.5 Å². The van der Waals surface area contributed by atoms with Gasteiger partial charge in [-0.3, -0.25) is 0 Å². The molecule has 21 heavy (non-hydrogen) atoms. The third-order valence-corrected chi connectivity index (χ3v) is 4.27. The zero-order valence-corrected chi connectivity index (χ0v) is 12.9. The molecule has 0 amide bonds. The number of hydrogen-bond acceptors (Lipinski definition) is 2. The van der Waals surface area contributed by atoms with Crippen LogP contribution < -0.4 is 10.1 Å². The molecule has 1 aliphatic rings. The van der Waals surface area contributed by atoms with Crippen molar-refractivity contribution in [3.05, 3.63) is 59.1 Å². The molecule has 1 aliphatic carbocycles. The molecule has 0 aliphatic heterocycles. The Morgan fingerprint density at radius 1 is 1.05 bits per heavy atom. The van der Waals surface area contributed by atoms with E-state index in [1.54, 1.807) is 0 Å². The Labute approximate surface area is 131 Å². The lowest BCUT2D eigenvalue weighted by atomic mass is 9.76. The maximum atomic E-state index is 5.93. The molecule has 0 atom stereocenters. The summed E-state index contributed by atoms with van der Waals surface area (Å²) < 4.78 is 5.45. The summed E-state index contributed by atoms with van der Waals surface area (Å²) in [5, 5.41) is 4.38. The molecule has 0 bridgehead atoms. The van der Waals surface area contributed by atoms with E-state index in [4.69, 9.17) is 16.3 Å². The summed E-state index contributed by atoms with van der Waals surface area (Å²) >= 11 is 5.93. The fourth-order valence-electron chi connectivity index (χ4n) is 2.79. The van der Waals surface area contributed by atoms with Crippen molar-refractivity contribution in [2.24, 2.45) is 0 Å². The van der Waals surface area contributed by atoms with Crippen LogP contribution in [-0.2, 0) is 0 Å². The highest BCUT2D eigenvalue weighted by molar-refractivity contribution is 6.30. The molecule has 0 aromatic heterocycles. The van der Waals surface area contributed by atoms with Gasteiger partial charge >= 0.3 is 0 Å². The number of benzene rings is 2. The van der Waals surface area contributed by atoms with E-state index in [1.165, 1.54) is 18.4 Å². The number of nitrogens with one attached hydrogen (secondary N) is 1. The Bertz CT molecular complexity index is 573. The quantitative estimate of drug-likeness (QED) is 0.830. The summed E-state index contributed by atoms with van der Waals surface area (Å²) in [4.78, 5) is 0. The first kappa shape index (κ1) is 14.3. The number of ether oxygens (including phenoxy) is 1. The second-order valence-corrected chi connectivity index (χ2v) is 5.95. The van der Waals surface area contributed by atoms with Crippen molar-refractivity contribution < 1.29 is 4.74 Å². The van der Waals surface area contributed by atoms with Crippen molar-refractivity contribution in [1.82, 2.24) is 0 Å². The predicted octanol–water partition coefficient (Wildman–Crippen LogP) is 5.10. The van der Waals surface area contributed by atoms with Gasteiger partial charge in [-0.15, -0.1) is 0 Å². The standard InChI is InChI=1S/C18H20ClNO/c1-2-21-18-9-7-16(8-10-18)20-17-11-14(12-17)13-3-5-15(19)6-4-13/h3-10,14,17,20H,2,11-12H2,1H3. The zero-order valence-electron chi connectivity index (χ0n) is 12.2. The fourth-order valence-corrected chi connectivity index (χ4v) is 2.92. The molecular formula is C18H20ClNO. The minimum Gasteiger partial charge on any atom is -0.494 e. The summed E-state index contributed by atoms with van der Waals surface area (Å²) in [5.74, 6) is 1.58. The highest BCUT2D eigenvalue weighted by Crippen LogP contribution is 2.38. The van der Waals surface area contributed by atoms with Gasteiger partial charge in [0.1, 0.15) is 5.75 Å². The number of anilines is 1. The predicted molar refractivity (Wildman–Crippen MR) is 88.4 cm³/mol. The largest absolute Gasteiger partial charge is 0.494 e. The second kappa shape index (κ2) is 6.40. The molecule has 0 unspecified atom stereocenters. The van der Waals surface area contributed by atoms with Crippen molar-refractivity contribution in [2.45, 2.75) is 31.7 Å². The molecular weight excluding hydrogens is 282 g/mol. The van der Waals surface area contributed by atoms with Gasteiger partial charge in [-0.2, -0.15) is 0 Å². The van der Waals surface area contributed by atoms with Crippen molar-refractivity contribution in [3.8, 4) is 5.75 Å². The summed E-state index contributed by atoms with van der Waals surface area (Å²) in [6, 6.07) is 17.0. The Kier molecular flexibility index (Phi) is 4.35. The Hall–Kier alpha value is -1.67. The van der Waals surface area contributed by atoms with Gasteiger partial charge in [-0.1, -0.05) is 23.7 Å². The topological polar surface area (TPSA) is 21.3 Å². The average molecular weight is 302 g/mol. The Morgan fingerprint density at radius 3 is 2.33 bits per heavy atom. The highest BCUT2D eigenvalue weighted by atomic mass is 35.5. The van der Waals surface area contributed by atoms with E-state index in [1.807, 2.05) is 31.2 Å². The lowest BCUT2D eigenvalue weighted by Crippen LogP contribution is -2.33. The van der Waals surface area contributed by atoms with Crippen LogP contribution in [0, 0.1) is 0 Å². The van der Waals surface area contributed by atoms with Gasteiger partial charge in [0, 0.05) is 16.8 Å². The molecule has 1 fully saturated rings. The molecule has 0 radical (unpaired) electrons. The number of rotatable bonds is 5. The smallest absolute Gasteiger partial charge is 0.119 e. The van der Waals surface area contributed by atoms with Gasteiger partial charge in [-0.25, -0.2) is 0 Å². The van der Waals surface area contributed by atoms with Crippen LogP contribution in [-0.4, -0.2) is 12.6 Å². The van der Waals surface area contributed by atoms with Crippen LogP contribution in [0.25, 0.3) is 0 Å². The van der Waals surface area contributed by atoms with E-state index in [2.05, 4.69) is 29.6 Å². The fraction of sp³-hybridized carbons (Fsp3) is 0.333. The molecule has 3 rings (SSSR count). The van der Waals surface area contributed by atoms with E-state index >= 15 is 0 Å². The molecule has 0 saturated heterocycles. The van der Waals surface area contributed by atoms with E-state index in [0.29, 0.717) is 18.6 Å². The van der Waals surface area contributed by atoms with Gasteiger partial charge in [0.05, 0.1) is 6.61 Å². The molecule has 0 heterocycles. The first-order valence-corrected chi connectivity index (χ1v) is 7.87. The first-order valence-electron chi connectivity index (χ1n) is 7.49. The van der Waals surface area contributed by atoms with E-state index < -0.39 is 0 Å². The Morgan fingerprint density at radius 2 is 1.71 bits per heavy atom. The molecule has 1 N–H and O–H groups in total. The lowest BCUT2D eigenvalue weighted by Gasteiger charge is -2.37. The maximum Gasteiger partial charge on any atom is 0.119 e. The molecule has 0 spiro atoms. The minimum atomic E-state index is 0.559. The van der Waals surface area contributed by atoms with E-state index in [9.17, 15) is 0 Å². The zero-order chi connectivity index (χ0) is 14.7. The van der Waals surface area contributed by atoms with Gasteiger partial charge in [-0.05, 0) is 67.6 Å². The minimum absolute atomic E-state index is 0.559. The molecule has 110 valence electrons. The van der Waals surface area contributed by atoms with Crippen LogP contribution in [0.3, 0.4) is 0 Å². The van der Waals surface area contributed by atoms with Crippen LogP contribution in [0.1, 0.15) is 31.2 Å². The molecule has 1 saturated carbocycles. The molecule has 2 nitrogen and oxygen atoms in total. The lowest BCUT2D eigenvalue weighted by molar-refractivity contribution is 0.340. The summed E-state index contributed by atoms with van der Waals surface area (Å²) in [6.07, 6.45) is 2.35. The SMILES string of the molecule is CCOc1ccc(NC2CC(c3ccc(Cl)cc3)C2)cc1. The molecule has 3 heteroatoms. The highest BCUT2D eigenvalue weighted by Gasteiger charge is 2.30. The van der Waals surface area contributed by atoms with Crippen molar-refractivity contribution in [2.75, 3.05) is 11.9 Å². The monoisotopic (exact) mass is 301 g/mol. The summed E-state index contributed by atoms with van der Waals surface area (Å²) in [5.41, 5.74) is 2.56. The number of hydrogen-bond donors (Lipinski definition) is 1. The second-order valence-electron chi connectivity index (χ2n) is 5.52. The summed E-state index contributed by atoms with van der Waals surface area (Å²) in [6.45, 7) is 2.70. The Balaban J connectivity index is 1.51. The normalized spacial score (nSPS) is 20.7. The van der Waals surface area contributed by atoms with Gasteiger partial charge < -0.3 is 10.1 Å². The van der Waals surface area contributed by atoms with Crippen LogP contribution >= 0.6 is 11.6 Å². The third-order valence-electron chi connectivity index (χ3n) is 4.02. The van der Waals surface area contributed by atoms with Crippen molar-refractivity contribution >= 4 is 17.3 Å². The summed E-state index contributed by atoms with van der Waals surface area (Å²) in [7, 11) is 0. The van der Waals surface area contributed by atoms with Gasteiger partial charge in [0.25, 0.3) is 0 Å². The number of halogens is 1. The van der Waals surface area contributed by atoms with Crippen molar-refractivity contribution in [1.29, 1.82) is 0 Å². The van der Waals surface area contributed by atoms with Crippen LogP contribution in [0.5, 0.6) is 5.75 Å². The van der Waals surface area contributed by atoms with Gasteiger partial charge in [0.15, 0.2) is 0 Å². The molecule has 2 aromatic carbocycles. The maximum absolute atomic E-state index is 5.93. The van der Waals surface area contributed by atoms with Crippen LogP contribution in [0.2, 0.25) is 5.02 Å². The van der Waals surface area contributed by atoms with Crippen molar-refractivity contribution in [3.63, 3.8) is 0 Å². The van der Waals surface area contributed by atoms with Crippen LogP contribution in [0.4, 0.5) is 5.69 Å². The van der Waals surface area contributed by atoms with Crippen LogP contribution in [0.15, 0.2) is 48.5 Å². The molecule has 2 aromatic rings.